The molecule has 0 aliphatic rings. The van der Waals surface area contributed by atoms with E-state index in [2.05, 4.69) is 5.16 Å². The number of aryl methyl sites for hydroxylation is 1. The Hall–Kier alpha value is -1.38. The van der Waals surface area contributed by atoms with Gasteiger partial charge in [-0.05, 0) is 24.6 Å². The third kappa shape index (κ3) is 0.888. The summed E-state index contributed by atoms with van der Waals surface area (Å²) in [5.74, 6) is -0.222. The Bertz CT molecular complexity index is 358. The van der Waals surface area contributed by atoms with E-state index in [4.69, 9.17) is 4.52 Å². The van der Waals surface area contributed by atoms with Crippen LogP contribution in [-0.2, 0) is 0 Å². The normalized spacial score (nSPS) is 10.7. The van der Waals surface area contributed by atoms with Crippen molar-refractivity contribution in [2.24, 2.45) is 0 Å². The minimum Gasteiger partial charge on any atom is -0.356 e. The van der Waals surface area contributed by atoms with Crippen LogP contribution in [0.2, 0.25) is 0 Å². The van der Waals surface area contributed by atoms with Gasteiger partial charge < -0.3 is 4.52 Å². The lowest BCUT2D eigenvalue weighted by Gasteiger charge is -1.92. The molecule has 0 atom stereocenters. The van der Waals surface area contributed by atoms with E-state index >= 15 is 0 Å². The van der Waals surface area contributed by atoms with Gasteiger partial charge in [0.2, 0.25) is 0 Å². The van der Waals surface area contributed by atoms with Gasteiger partial charge >= 0.3 is 0 Å². The van der Waals surface area contributed by atoms with Crippen LogP contribution in [0.15, 0.2) is 22.9 Å². The first-order valence-electron chi connectivity index (χ1n) is 3.28. The lowest BCUT2D eigenvalue weighted by atomic mass is 10.2. The van der Waals surface area contributed by atoms with Crippen LogP contribution in [0.1, 0.15) is 5.56 Å². The number of hydrogen-bond donors (Lipinski definition) is 0. The predicted octanol–water partition coefficient (Wildman–Crippen LogP) is 2.28. The standard InChI is InChI=1S/C8H6FNO/c1-5-2-8-6(3-7(5)9)4-10-11-8/h2-4H,1H3. The zero-order valence-electron chi connectivity index (χ0n) is 5.97. The first-order valence-corrected chi connectivity index (χ1v) is 3.28. The first kappa shape index (κ1) is 6.34. The molecular weight excluding hydrogens is 145 g/mol. The highest BCUT2D eigenvalue weighted by Gasteiger charge is 2.02. The third-order valence-electron chi connectivity index (χ3n) is 1.63. The van der Waals surface area contributed by atoms with Crippen molar-refractivity contribution >= 4 is 11.0 Å². The van der Waals surface area contributed by atoms with E-state index in [1.165, 1.54) is 12.3 Å². The molecule has 0 aliphatic heterocycles. The quantitative estimate of drug-likeness (QED) is 0.577. The summed E-state index contributed by atoms with van der Waals surface area (Å²) in [5.41, 5.74) is 1.21. The van der Waals surface area contributed by atoms with Gasteiger partial charge in [-0.2, -0.15) is 0 Å². The van der Waals surface area contributed by atoms with Crippen LogP contribution in [-0.4, -0.2) is 5.16 Å². The maximum absolute atomic E-state index is 12.9. The number of hydrogen-bond acceptors (Lipinski definition) is 2. The van der Waals surface area contributed by atoms with E-state index in [1.807, 2.05) is 0 Å². The fourth-order valence-corrected chi connectivity index (χ4v) is 0.990. The molecular formula is C8H6FNO. The number of benzene rings is 1. The van der Waals surface area contributed by atoms with Crippen LogP contribution in [0.3, 0.4) is 0 Å². The fraction of sp³-hybridized carbons (Fsp3) is 0.125. The van der Waals surface area contributed by atoms with Gasteiger partial charge in [-0.25, -0.2) is 4.39 Å². The minimum absolute atomic E-state index is 0.222. The van der Waals surface area contributed by atoms with Crippen molar-refractivity contribution in [1.82, 2.24) is 5.16 Å². The van der Waals surface area contributed by atoms with Gasteiger partial charge in [-0.3, -0.25) is 0 Å². The summed E-state index contributed by atoms with van der Waals surface area (Å²) in [6.45, 7) is 1.69. The molecule has 0 saturated carbocycles. The average molecular weight is 151 g/mol. The van der Waals surface area contributed by atoms with Crippen molar-refractivity contribution in [2.45, 2.75) is 6.92 Å². The first-order chi connectivity index (χ1) is 5.27. The molecule has 3 heteroatoms. The highest BCUT2D eigenvalue weighted by molar-refractivity contribution is 5.76. The Kier molecular flexibility index (Phi) is 1.18. The van der Waals surface area contributed by atoms with Gasteiger partial charge in [0.05, 0.1) is 6.20 Å². The van der Waals surface area contributed by atoms with E-state index in [0.29, 0.717) is 16.5 Å². The molecule has 0 N–H and O–H groups in total. The number of aromatic nitrogens is 1. The summed E-state index contributed by atoms with van der Waals surface area (Å²) in [7, 11) is 0. The second-order valence-electron chi connectivity index (χ2n) is 2.47. The largest absolute Gasteiger partial charge is 0.356 e. The summed E-state index contributed by atoms with van der Waals surface area (Å²) >= 11 is 0. The summed E-state index contributed by atoms with van der Waals surface area (Å²) in [5, 5.41) is 4.24. The average Bonchev–Trinajstić information content (AvgIpc) is 2.36. The molecule has 56 valence electrons. The van der Waals surface area contributed by atoms with Crippen molar-refractivity contribution in [3.63, 3.8) is 0 Å². The monoisotopic (exact) mass is 151 g/mol. The molecule has 2 rings (SSSR count). The molecule has 0 unspecified atom stereocenters. The number of halogens is 1. The molecule has 1 aromatic carbocycles. The smallest absolute Gasteiger partial charge is 0.167 e. The number of nitrogens with zero attached hydrogens (tertiary/aromatic N) is 1. The van der Waals surface area contributed by atoms with Crippen LogP contribution in [0.4, 0.5) is 4.39 Å². The number of rotatable bonds is 0. The third-order valence-corrected chi connectivity index (χ3v) is 1.63. The number of fused-ring (bicyclic) bond motifs is 1. The van der Waals surface area contributed by atoms with E-state index in [-0.39, 0.29) is 5.82 Å². The van der Waals surface area contributed by atoms with Crippen LogP contribution < -0.4 is 0 Å². The molecule has 1 aromatic heterocycles. The summed E-state index contributed by atoms with van der Waals surface area (Å²) < 4.78 is 17.7. The predicted molar refractivity (Wildman–Crippen MR) is 38.7 cm³/mol. The molecule has 0 bridgehead atoms. The molecule has 11 heavy (non-hydrogen) atoms. The van der Waals surface area contributed by atoms with Gasteiger partial charge in [0.1, 0.15) is 5.82 Å². The zero-order valence-corrected chi connectivity index (χ0v) is 5.97. The van der Waals surface area contributed by atoms with Crippen molar-refractivity contribution in [1.29, 1.82) is 0 Å². The molecule has 0 aliphatic carbocycles. The topological polar surface area (TPSA) is 26.0 Å². The Labute approximate surface area is 62.6 Å². The minimum atomic E-state index is -0.222. The van der Waals surface area contributed by atoms with Crippen LogP contribution in [0, 0.1) is 12.7 Å². The van der Waals surface area contributed by atoms with Crippen LogP contribution >= 0.6 is 0 Å². The van der Waals surface area contributed by atoms with Crippen molar-refractivity contribution in [3.05, 3.63) is 29.7 Å². The van der Waals surface area contributed by atoms with Gasteiger partial charge in [0.15, 0.2) is 5.58 Å². The fourth-order valence-electron chi connectivity index (χ4n) is 0.990. The Morgan fingerprint density at radius 3 is 3.09 bits per heavy atom. The van der Waals surface area contributed by atoms with Gasteiger partial charge in [0, 0.05) is 5.39 Å². The molecule has 0 fully saturated rings. The second kappa shape index (κ2) is 2.05. The molecule has 2 nitrogen and oxygen atoms in total. The van der Waals surface area contributed by atoms with E-state index in [1.54, 1.807) is 13.0 Å². The Balaban J connectivity index is 2.86. The Morgan fingerprint density at radius 2 is 2.27 bits per heavy atom. The van der Waals surface area contributed by atoms with E-state index < -0.39 is 0 Å². The maximum Gasteiger partial charge on any atom is 0.167 e. The second-order valence-corrected chi connectivity index (χ2v) is 2.47. The van der Waals surface area contributed by atoms with E-state index in [0.717, 1.165) is 0 Å². The highest BCUT2D eigenvalue weighted by atomic mass is 19.1. The van der Waals surface area contributed by atoms with Crippen LogP contribution in [0.25, 0.3) is 11.0 Å². The summed E-state index contributed by atoms with van der Waals surface area (Å²) in [6.07, 6.45) is 1.50. The van der Waals surface area contributed by atoms with Crippen molar-refractivity contribution in [2.75, 3.05) is 0 Å². The highest BCUT2D eigenvalue weighted by Crippen LogP contribution is 2.17. The van der Waals surface area contributed by atoms with Gasteiger partial charge in [0.25, 0.3) is 0 Å². The van der Waals surface area contributed by atoms with Crippen molar-refractivity contribution < 1.29 is 8.91 Å². The van der Waals surface area contributed by atoms with Gasteiger partial charge in [-0.15, -0.1) is 0 Å². The van der Waals surface area contributed by atoms with Gasteiger partial charge in [-0.1, -0.05) is 5.16 Å². The lowest BCUT2D eigenvalue weighted by Crippen LogP contribution is -1.79. The molecule has 0 spiro atoms. The van der Waals surface area contributed by atoms with Crippen LogP contribution in [0.5, 0.6) is 0 Å². The van der Waals surface area contributed by atoms with Crippen molar-refractivity contribution in [3.8, 4) is 0 Å². The molecule has 1 heterocycles. The summed E-state index contributed by atoms with van der Waals surface area (Å²) in [6, 6.07) is 3.05. The molecule has 0 amide bonds. The van der Waals surface area contributed by atoms with E-state index in [9.17, 15) is 4.39 Å². The molecule has 0 saturated heterocycles. The Morgan fingerprint density at radius 1 is 1.45 bits per heavy atom. The SMILES string of the molecule is Cc1cc2oncc2cc1F. The molecule has 0 radical (unpaired) electrons. The maximum atomic E-state index is 12.9. The zero-order chi connectivity index (χ0) is 7.84. The molecule has 2 aromatic rings. The summed E-state index contributed by atoms with van der Waals surface area (Å²) in [4.78, 5) is 0. The lowest BCUT2D eigenvalue weighted by molar-refractivity contribution is 0.456.